The van der Waals surface area contributed by atoms with Crippen LogP contribution >= 0.6 is 0 Å². The Morgan fingerprint density at radius 3 is 2.64 bits per heavy atom. The summed E-state index contributed by atoms with van der Waals surface area (Å²) in [5.74, 6) is 1.37. The second kappa shape index (κ2) is 7.92. The van der Waals surface area contributed by atoms with E-state index in [0.717, 1.165) is 11.1 Å². The highest BCUT2D eigenvalue weighted by Gasteiger charge is 2.27. The third-order valence-corrected chi connectivity index (χ3v) is 5.30. The van der Waals surface area contributed by atoms with Gasteiger partial charge in [-0.2, -0.15) is 0 Å². The monoisotopic (exact) mass is 380 g/mol. The number of carbonyl (C=O) groups excluding carboxylic acids is 2. The van der Waals surface area contributed by atoms with Crippen molar-refractivity contribution < 1.29 is 19.1 Å². The lowest BCUT2D eigenvalue weighted by molar-refractivity contribution is -0.133. The van der Waals surface area contributed by atoms with Gasteiger partial charge in [-0.05, 0) is 37.5 Å². The summed E-state index contributed by atoms with van der Waals surface area (Å²) >= 11 is 0. The minimum absolute atomic E-state index is 0.00958. The number of aryl methyl sites for hydroxylation is 1. The van der Waals surface area contributed by atoms with Gasteiger partial charge < -0.3 is 19.7 Å². The lowest BCUT2D eigenvalue weighted by atomic mass is 9.95. The quantitative estimate of drug-likeness (QED) is 0.885. The van der Waals surface area contributed by atoms with Crippen molar-refractivity contribution in [3.05, 3.63) is 53.6 Å². The van der Waals surface area contributed by atoms with Gasteiger partial charge in [0.05, 0.1) is 6.42 Å². The molecule has 0 aromatic heterocycles. The van der Waals surface area contributed by atoms with Gasteiger partial charge in [0.1, 0.15) is 0 Å². The first-order chi connectivity index (χ1) is 13.6. The molecule has 0 atom stereocenters. The molecule has 28 heavy (non-hydrogen) atoms. The maximum atomic E-state index is 12.6. The molecule has 0 aliphatic carbocycles. The molecule has 1 N–H and O–H groups in total. The molecule has 0 radical (unpaired) electrons. The summed E-state index contributed by atoms with van der Waals surface area (Å²) in [7, 11) is 0. The number of nitrogens with one attached hydrogen (secondary N) is 1. The predicted octanol–water partition coefficient (Wildman–Crippen LogP) is 3.14. The molecule has 2 aromatic carbocycles. The first-order valence-electron chi connectivity index (χ1n) is 9.62. The summed E-state index contributed by atoms with van der Waals surface area (Å²) < 4.78 is 10.6. The number of hydrogen-bond donors (Lipinski definition) is 1. The third kappa shape index (κ3) is 4.11. The molecule has 1 fully saturated rings. The zero-order valence-corrected chi connectivity index (χ0v) is 15.9. The van der Waals surface area contributed by atoms with Crippen LogP contribution in [0.1, 0.15) is 24.0 Å². The normalized spacial score (nSPS) is 16.1. The van der Waals surface area contributed by atoms with Crippen molar-refractivity contribution in [1.29, 1.82) is 0 Å². The van der Waals surface area contributed by atoms with Crippen LogP contribution in [0.3, 0.4) is 0 Å². The summed E-state index contributed by atoms with van der Waals surface area (Å²) in [4.78, 5) is 27.0. The average molecular weight is 380 g/mol. The molecule has 2 amide bonds. The lowest BCUT2D eigenvalue weighted by Gasteiger charge is -2.31. The Morgan fingerprint density at radius 1 is 1.07 bits per heavy atom. The number of anilines is 1. The standard InChI is InChI=1S/C22H24N2O4/c1-15-3-2-4-16(11-15)12-21(25)24-9-7-17(8-10-24)22(26)23-18-5-6-19-20(13-18)28-14-27-19/h2-6,11,13,17H,7-10,12,14H2,1H3,(H,23,26). The highest BCUT2D eigenvalue weighted by molar-refractivity contribution is 5.93. The summed E-state index contributed by atoms with van der Waals surface area (Å²) in [6, 6.07) is 13.4. The number of ether oxygens (including phenoxy) is 2. The van der Waals surface area contributed by atoms with Crippen LogP contribution < -0.4 is 14.8 Å². The molecule has 0 spiro atoms. The zero-order chi connectivity index (χ0) is 19.5. The number of benzene rings is 2. The van der Waals surface area contributed by atoms with E-state index < -0.39 is 0 Å². The fourth-order valence-electron chi connectivity index (χ4n) is 3.72. The van der Waals surface area contributed by atoms with Gasteiger partial charge in [0.2, 0.25) is 18.6 Å². The molecule has 6 nitrogen and oxygen atoms in total. The summed E-state index contributed by atoms with van der Waals surface area (Å²) in [6.07, 6.45) is 1.77. The maximum absolute atomic E-state index is 12.6. The van der Waals surface area contributed by atoms with Crippen molar-refractivity contribution >= 4 is 17.5 Å². The van der Waals surface area contributed by atoms with Gasteiger partial charge in [0.25, 0.3) is 0 Å². The molecule has 2 aromatic rings. The van der Waals surface area contributed by atoms with Crippen molar-refractivity contribution in [2.45, 2.75) is 26.2 Å². The van der Waals surface area contributed by atoms with Gasteiger partial charge in [-0.25, -0.2) is 0 Å². The molecule has 2 aliphatic rings. The average Bonchev–Trinajstić information content (AvgIpc) is 3.16. The van der Waals surface area contributed by atoms with Crippen molar-refractivity contribution in [1.82, 2.24) is 4.90 Å². The molecule has 6 heteroatoms. The van der Waals surface area contributed by atoms with Crippen LogP contribution in [0.4, 0.5) is 5.69 Å². The van der Waals surface area contributed by atoms with E-state index in [-0.39, 0.29) is 24.5 Å². The number of amides is 2. The second-order valence-corrected chi connectivity index (χ2v) is 7.38. The van der Waals surface area contributed by atoms with Crippen LogP contribution in [0.15, 0.2) is 42.5 Å². The molecule has 1 saturated heterocycles. The number of rotatable bonds is 4. The third-order valence-electron chi connectivity index (χ3n) is 5.30. The SMILES string of the molecule is Cc1cccc(CC(=O)N2CCC(C(=O)Nc3ccc4c(c3)OCO4)CC2)c1. The Hall–Kier alpha value is -3.02. The van der Waals surface area contributed by atoms with Gasteiger partial charge in [-0.1, -0.05) is 29.8 Å². The Bertz CT molecular complexity index is 888. The lowest BCUT2D eigenvalue weighted by Crippen LogP contribution is -2.42. The van der Waals surface area contributed by atoms with E-state index in [1.807, 2.05) is 42.2 Å². The number of fused-ring (bicyclic) bond motifs is 1. The van der Waals surface area contributed by atoms with Crippen LogP contribution in [-0.2, 0) is 16.0 Å². The molecule has 0 unspecified atom stereocenters. The first kappa shape index (κ1) is 18.3. The summed E-state index contributed by atoms with van der Waals surface area (Å²) in [5, 5.41) is 2.95. The maximum Gasteiger partial charge on any atom is 0.231 e. The molecule has 0 saturated carbocycles. The highest BCUT2D eigenvalue weighted by Crippen LogP contribution is 2.34. The molecule has 0 bridgehead atoms. The predicted molar refractivity (Wildman–Crippen MR) is 105 cm³/mol. The van der Waals surface area contributed by atoms with Crippen molar-refractivity contribution in [2.75, 3.05) is 25.2 Å². The van der Waals surface area contributed by atoms with Crippen LogP contribution in [0.5, 0.6) is 11.5 Å². The minimum Gasteiger partial charge on any atom is -0.454 e. The minimum atomic E-state index is -0.0894. The molecular formula is C22H24N2O4. The molecular weight excluding hydrogens is 356 g/mol. The number of likely N-dealkylation sites (tertiary alicyclic amines) is 1. The van der Waals surface area contributed by atoms with Crippen LogP contribution in [0.25, 0.3) is 0 Å². The zero-order valence-electron chi connectivity index (χ0n) is 15.9. The van der Waals surface area contributed by atoms with Crippen molar-refractivity contribution in [3.63, 3.8) is 0 Å². The van der Waals surface area contributed by atoms with Gasteiger partial charge in [0.15, 0.2) is 11.5 Å². The Morgan fingerprint density at radius 2 is 1.86 bits per heavy atom. The molecule has 2 heterocycles. The topological polar surface area (TPSA) is 67.9 Å². The van der Waals surface area contributed by atoms with Gasteiger partial charge >= 0.3 is 0 Å². The molecule has 146 valence electrons. The number of carbonyl (C=O) groups is 2. The highest BCUT2D eigenvalue weighted by atomic mass is 16.7. The number of nitrogens with zero attached hydrogens (tertiary/aromatic N) is 1. The Kier molecular flexibility index (Phi) is 5.19. The van der Waals surface area contributed by atoms with Crippen LogP contribution in [0, 0.1) is 12.8 Å². The first-order valence-corrected chi connectivity index (χ1v) is 9.62. The van der Waals surface area contributed by atoms with E-state index >= 15 is 0 Å². The second-order valence-electron chi connectivity index (χ2n) is 7.38. The number of piperidine rings is 1. The van der Waals surface area contributed by atoms with E-state index in [9.17, 15) is 9.59 Å². The van der Waals surface area contributed by atoms with Gasteiger partial charge in [-0.3, -0.25) is 9.59 Å². The van der Waals surface area contributed by atoms with Crippen LogP contribution in [-0.4, -0.2) is 36.6 Å². The van der Waals surface area contributed by atoms with E-state index in [2.05, 4.69) is 5.32 Å². The van der Waals surface area contributed by atoms with E-state index in [4.69, 9.17) is 9.47 Å². The van der Waals surface area contributed by atoms with Crippen LogP contribution in [0.2, 0.25) is 0 Å². The smallest absolute Gasteiger partial charge is 0.231 e. The summed E-state index contributed by atoms with van der Waals surface area (Å²) in [6.45, 7) is 3.47. The van der Waals surface area contributed by atoms with Crippen molar-refractivity contribution in [3.8, 4) is 11.5 Å². The Labute approximate surface area is 164 Å². The Balaban J connectivity index is 1.28. The summed E-state index contributed by atoms with van der Waals surface area (Å²) in [5.41, 5.74) is 2.89. The molecule has 2 aliphatic heterocycles. The van der Waals surface area contributed by atoms with Gasteiger partial charge in [-0.15, -0.1) is 0 Å². The fourth-order valence-corrected chi connectivity index (χ4v) is 3.72. The van der Waals surface area contributed by atoms with Gasteiger partial charge in [0, 0.05) is 30.8 Å². The molecule has 4 rings (SSSR count). The van der Waals surface area contributed by atoms with E-state index in [0.29, 0.717) is 49.5 Å². The largest absolute Gasteiger partial charge is 0.454 e. The fraction of sp³-hybridized carbons (Fsp3) is 0.364. The number of hydrogen-bond acceptors (Lipinski definition) is 4. The van der Waals surface area contributed by atoms with E-state index in [1.54, 1.807) is 12.1 Å². The van der Waals surface area contributed by atoms with Crippen molar-refractivity contribution in [2.24, 2.45) is 5.92 Å². The van der Waals surface area contributed by atoms with E-state index in [1.165, 1.54) is 0 Å².